The van der Waals surface area contributed by atoms with Crippen molar-refractivity contribution in [1.29, 1.82) is 0 Å². The van der Waals surface area contributed by atoms with Crippen LogP contribution in [0, 0.1) is 13.8 Å². The largest absolute Gasteiger partial charge is 0.494 e. The second-order valence-corrected chi connectivity index (χ2v) is 7.56. The minimum absolute atomic E-state index is 0.162. The first kappa shape index (κ1) is 19.0. The van der Waals surface area contributed by atoms with Crippen molar-refractivity contribution in [2.24, 2.45) is 0 Å². The summed E-state index contributed by atoms with van der Waals surface area (Å²) in [5, 5.41) is 12.1. The number of benzene rings is 2. The Bertz CT molecular complexity index is 1110. The van der Waals surface area contributed by atoms with E-state index in [9.17, 15) is 14.7 Å². The average Bonchev–Trinajstić information content (AvgIpc) is 3.43. The number of aromatic nitrogens is 2. The van der Waals surface area contributed by atoms with E-state index < -0.39 is 5.97 Å². The Morgan fingerprint density at radius 3 is 2.52 bits per heavy atom. The molecule has 1 aliphatic carbocycles. The van der Waals surface area contributed by atoms with Crippen LogP contribution in [0.3, 0.4) is 0 Å². The number of carbonyl (C=O) groups is 2. The van der Waals surface area contributed by atoms with E-state index in [4.69, 9.17) is 9.72 Å². The van der Waals surface area contributed by atoms with E-state index in [1.807, 2.05) is 12.1 Å². The van der Waals surface area contributed by atoms with Crippen LogP contribution in [0.5, 0.6) is 5.75 Å². The number of amides is 1. The Hall–Kier alpha value is -3.35. The van der Waals surface area contributed by atoms with Gasteiger partial charge in [0, 0.05) is 11.6 Å². The van der Waals surface area contributed by atoms with Gasteiger partial charge in [0.25, 0.3) is 0 Å². The summed E-state index contributed by atoms with van der Waals surface area (Å²) in [6, 6.07) is 6.84. The van der Waals surface area contributed by atoms with Crippen molar-refractivity contribution in [1.82, 2.24) is 9.97 Å². The third kappa shape index (κ3) is 3.68. The van der Waals surface area contributed by atoms with E-state index in [-0.39, 0.29) is 17.9 Å². The van der Waals surface area contributed by atoms with Crippen molar-refractivity contribution in [3.05, 3.63) is 52.3 Å². The lowest BCUT2D eigenvalue weighted by Gasteiger charge is -2.13. The number of rotatable bonds is 6. The molecule has 1 aromatic heterocycles. The topological polar surface area (TPSA) is 104 Å². The fourth-order valence-corrected chi connectivity index (χ4v) is 3.64. The highest BCUT2D eigenvalue weighted by atomic mass is 16.5. The zero-order valence-corrected chi connectivity index (χ0v) is 16.6. The molecule has 0 bridgehead atoms. The van der Waals surface area contributed by atoms with Crippen LogP contribution in [0.15, 0.2) is 24.3 Å². The summed E-state index contributed by atoms with van der Waals surface area (Å²) in [6.07, 6.45) is 2.42. The standard InChI is InChI=1S/C22H23N3O4/c1-11-8-15(22(27)28)9-12(2)18(11)23-17(26)10-14-6-7-16(29-3)20-19(14)24-21(25-20)13-4-5-13/h6-9,13H,4-5,10H2,1-3H3,(H,23,26)(H,24,25)(H,27,28). The molecule has 150 valence electrons. The molecule has 0 unspecified atom stereocenters. The minimum Gasteiger partial charge on any atom is -0.494 e. The van der Waals surface area contributed by atoms with Crippen LogP contribution in [0.25, 0.3) is 11.0 Å². The van der Waals surface area contributed by atoms with Gasteiger partial charge in [-0.25, -0.2) is 9.78 Å². The number of carbonyl (C=O) groups excluding carboxylic acids is 1. The molecule has 1 saturated carbocycles. The number of aryl methyl sites for hydroxylation is 2. The Morgan fingerprint density at radius 2 is 1.93 bits per heavy atom. The Balaban J connectivity index is 1.60. The number of anilines is 1. The van der Waals surface area contributed by atoms with E-state index in [0.717, 1.165) is 35.3 Å². The summed E-state index contributed by atoms with van der Waals surface area (Å²) in [5.74, 6) is 0.954. The lowest BCUT2D eigenvalue weighted by atomic mass is 10.0. The van der Waals surface area contributed by atoms with Gasteiger partial charge >= 0.3 is 5.97 Å². The molecular formula is C22H23N3O4. The summed E-state index contributed by atoms with van der Waals surface area (Å²) in [5.41, 5.74) is 4.68. The van der Waals surface area contributed by atoms with Crippen LogP contribution in [-0.2, 0) is 11.2 Å². The average molecular weight is 393 g/mol. The lowest BCUT2D eigenvalue weighted by molar-refractivity contribution is -0.115. The molecule has 3 aromatic rings. The molecule has 1 heterocycles. The fourth-order valence-electron chi connectivity index (χ4n) is 3.64. The van der Waals surface area contributed by atoms with Crippen molar-refractivity contribution in [2.45, 2.75) is 39.0 Å². The van der Waals surface area contributed by atoms with E-state index in [0.29, 0.717) is 28.5 Å². The smallest absolute Gasteiger partial charge is 0.335 e. The normalized spacial score (nSPS) is 13.5. The van der Waals surface area contributed by atoms with Gasteiger partial charge in [-0.1, -0.05) is 6.07 Å². The summed E-state index contributed by atoms with van der Waals surface area (Å²) < 4.78 is 5.44. The molecule has 0 aliphatic heterocycles. The highest BCUT2D eigenvalue weighted by molar-refractivity contribution is 5.98. The molecular weight excluding hydrogens is 370 g/mol. The molecule has 29 heavy (non-hydrogen) atoms. The predicted molar refractivity (Wildman–Crippen MR) is 110 cm³/mol. The maximum absolute atomic E-state index is 12.8. The quantitative estimate of drug-likeness (QED) is 0.588. The van der Waals surface area contributed by atoms with Crippen molar-refractivity contribution in [3.63, 3.8) is 0 Å². The summed E-state index contributed by atoms with van der Waals surface area (Å²) >= 11 is 0. The first-order valence-corrected chi connectivity index (χ1v) is 9.57. The highest BCUT2D eigenvalue weighted by Gasteiger charge is 2.28. The molecule has 1 fully saturated rings. The Labute approximate surface area is 168 Å². The van der Waals surface area contributed by atoms with Crippen molar-refractivity contribution >= 4 is 28.6 Å². The Morgan fingerprint density at radius 1 is 1.24 bits per heavy atom. The van der Waals surface area contributed by atoms with Gasteiger partial charge in [0.15, 0.2) is 0 Å². The number of carboxylic acids is 1. The SMILES string of the molecule is COc1ccc(CC(=O)Nc2c(C)cc(C(=O)O)cc2C)c2nc(C3CC3)[nH]c12. The first-order chi connectivity index (χ1) is 13.9. The molecule has 0 saturated heterocycles. The van der Waals surface area contributed by atoms with Crippen LogP contribution in [0.1, 0.15) is 51.6 Å². The third-order valence-electron chi connectivity index (χ3n) is 5.29. The van der Waals surface area contributed by atoms with Gasteiger partial charge in [-0.15, -0.1) is 0 Å². The minimum atomic E-state index is -0.986. The second kappa shape index (κ2) is 7.24. The number of aromatic carboxylic acids is 1. The molecule has 7 nitrogen and oxygen atoms in total. The lowest BCUT2D eigenvalue weighted by Crippen LogP contribution is -2.17. The van der Waals surface area contributed by atoms with Gasteiger partial charge < -0.3 is 20.1 Å². The number of nitrogens with one attached hydrogen (secondary N) is 2. The van der Waals surface area contributed by atoms with Crippen molar-refractivity contribution < 1.29 is 19.4 Å². The van der Waals surface area contributed by atoms with Crippen LogP contribution < -0.4 is 10.1 Å². The number of methoxy groups -OCH3 is 1. The van der Waals surface area contributed by atoms with Gasteiger partial charge in [-0.05, 0) is 61.6 Å². The molecule has 4 rings (SSSR count). The maximum atomic E-state index is 12.8. The molecule has 3 N–H and O–H groups in total. The molecule has 7 heteroatoms. The van der Waals surface area contributed by atoms with E-state index in [2.05, 4.69) is 10.3 Å². The van der Waals surface area contributed by atoms with Gasteiger partial charge in [-0.2, -0.15) is 0 Å². The van der Waals surface area contributed by atoms with Gasteiger partial charge in [-0.3, -0.25) is 4.79 Å². The second-order valence-electron chi connectivity index (χ2n) is 7.56. The number of hydrogen-bond acceptors (Lipinski definition) is 4. The van der Waals surface area contributed by atoms with E-state index >= 15 is 0 Å². The number of H-pyrrole nitrogens is 1. The fraction of sp³-hybridized carbons (Fsp3) is 0.318. The summed E-state index contributed by atoms with van der Waals surface area (Å²) in [7, 11) is 1.62. The van der Waals surface area contributed by atoms with Crippen molar-refractivity contribution in [2.75, 3.05) is 12.4 Å². The molecule has 1 amide bonds. The summed E-state index contributed by atoms with van der Waals surface area (Å²) in [6.45, 7) is 3.58. The molecule has 2 aromatic carbocycles. The van der Waals surface area contributed by atoms with Gasteiger partial charge in [0.2, 0.25) is 5.91 Å². The molecule has 1 aliphatic rings. The van der Waals surface area contributed by atoms with Crippen molar-refractivity contribution in [3.8, 4) is 5.75 Å². The van der Waals surface area contributed by atoms with E-state index in [1.165, 1.54) is 0 Å². The van der Waals surface area contributed by atoms with E-state index in [1.54, 1.807) is 33.1 Å². The Kier molecular flexibility index (Phi) is 4.74. The molecule has 0 spiro atoms. The molecule has 0 atom stereocenters. The van der Waals surface area contributed by atoms with Crippen LogP contribution in [-0.4, -0.2) is 34.1 Å². The van der Waals surface area contributed by atoms with Crippen LogP contribution in [0.2, 0.25) is 0 Å². The highest BCUT2D eigenvalue weighted by Crippen LogP contribution is 2.40. The molecule has 0 radical (unpaired) electrons. The van der Waals surface area contributed by atoms with Gasteiger partial charge in [0.1, 0.15) is 17.1 Å². The zero-order valence-electron chi connectivity index (χ0n) is 16.6. The number of nitrogens with zero attached hydrogens (tertiary/aromatic N) is 1. The zero-order chi connectivity index (χ0) is 20.7. The number of carboxylic acid groups (broad SMARTS) is 1. The number of ether oxygens (including phenoxy) is 1. The summed E-state index contributed by atoms with van der Waals surface area (Å²) in [4.78, 5) is 32.0. The van der Waals surface area contributed by atoms with Crippen LogP contribution in [0.4, 0.5) is 5.69 Å². The number of imidazole rings is 1. The monoisotopic (exact) mass is 393 g/mol. The number of aromatic amines is 1. The van der Waals surface area contributed by atoms with Gasteiger partial charge in [0.05, 0.1) is 24.6 Å². The van der Waals surface area contributed by atoms with Crippen LogP contribution >= 0.6 is 0 Å². The predicted octanol–water partition coefficient (Wildman–Crippen LogP) is 3.95. The number of fused-ring (bicyclic) bond motifs is 1. The number of hydrogen-bond donors (Lipinski definition) is 3. The first-order valence-electron chi connectivity index (χ1n) is 9.57. The third-order valence-corrected chi connectivity index (χ3v) is 5.29. The maximum Gasteiger partial charge on any atom is 0.335 e.